The van der Waals surface area contributed by atoms with Crippen LogP contribution in [0.15, 0.2) is 46.6 Å². The van der Waals surface area contributed by atoms with Crippen molar-refractivity contribution in [3.63, 3.8) is 0 Å². The van der Waals surface area contributed by atoms with Gasteiger partial charge in [0, 0.05) is 33.1 Å². The summed E-state index contributed by atoms with van der Waals surface area (Å²) in [5.74, 6) is 1.13. The Bertz CT molecular complexity index is 1230. The molecule has 32 heavy (non-hydrogen) atoms. The van der Waals surface area contributed by atoms with Crippen LogP contribution in [-0.2, 0) is 16.8 Å². The van der Waals surface area contributed by atoms with E-state index in [4.69, 9.17) is 9.84 Å². The lowest BCUT2D eigenvalue weighted by molar-refractivity contribution is 0.291. The molecule has 1 aromatic carbocycles. The third kappa shape index (κ3) is 4.38. The Balaban J connectivity index is 1.73. The molecule has 0 spiro atoms. The van der Waals surface area contributed by atoms with Crippen LogP contribution in [0.1, 0.15) is 30.1 Å². The minimum absolute atomic E-state index is 0.181. The highest BCUT2D eigenvalue weighted by Crippen LogP contribution is 2.29. The Morgan fingerprint density at radius 3 is 2.75 bits per heavy atom. The van der Waals surface area contributed by atoms with E-state index in [1.807, 2.05) is 41.8 Å². The number of nitrogens with zero attached hydrogens (tertiary/aromatic N) is 5. The lowest BCUT2D eigenvalue weighted by Gasteiger charge is -2.32. The van der Waals surface area contributed by atoms with Gasteiger partial charge in [0.2, 0.25) is 0 Å². The molecular formula is C21H27N5O4S2. The third-order valence-corrected chi connectivity index (χ3v) is 8.35. The maximum atomic E-state index is 13.4. The van der Waals surface area contributed by atoms with Crippen molar-refractivity contribution in [2.45, 2.75) is 25.3 Å². The van der Waals surface area contributed by atoms with Gasteiger partial charge in [-0.2, -0.15) is 22.1 Å². The van der Waals surface area contributed by atoms with E-state index in [0.717, 1.165) is 17.0 Å². The van der Waals surface area contributed by atoms with Crippen LogP contribution >= 0.6 is 11.3 Å². The molecule has 0 radical (unpaired) electrons. The second-order valence-corrected chi connectivity index (χ2v) is 11.0. The summed E-state index contributed by atoms with van der Waals surface area (Å²) in [5.41, 5.74) is 0.659. The molecule has 1 fully saturated rings. The predicted molar refractivity (Wildman–Crippen MR) is 124 cm³/mol. The Kier molecular flexibility index (Phi) is 6.52. The first-order chi connectivity index (χ1) is 15.3. The van der Waals surface area contributed by atoms with Crippen molar-refractivity contribution in [2.75, 3.05) is 34.3 Å². The fourth-order valence-electron chi connectivity index (χ4n) is 3.93. The number of aromatic nitrogens is 3. The van der Waals surface area contributed by atoms with Crippen LogP contribution in [0.2, 0.25) is 0 Å². The SMILES string of the molecule is COc1cccc(Cn2nc(C3CCCN(S(=O)(=O)N(C)C)C3)n(-c3cccs3)c2=O)c1. The molecule has 172 valence electrons. The van der Waals surface area contributed by atoms with Crippen LogP contribution in [0.4, 0.5) is 0 Å². The molecule has 0 amide bonds. The van der Waals surface area contributed by atoms with Crippen LogP contribution in [0.5, 0.6) is 5.75 Å². The van der Waals surface area contributed by atoms with E-state index in [2.05, 4.69) is 0 Å². The average Bonchev–Trinajstić information content (AvgIpc) is 3.42. The van der Waals surface area contributed by atoms with E-state index in [1.165, 1.54) is 38.7 Å². The van der Waals surface area contributed by atoms with Gasteiger partial charge in [0.15, 0.2) is 0 Å². The van der Waals surface area contributed by atoms with Crippen LogP contribution in [0, 0.1) is 0 Å². The molecule has 2 aromatic heterocycles. The number of rotatable bonds is 7. The molecule has 1 unspecified atom stereocenters. The summed E-state index contributed by atoms with van der Waals surface area (Å²) in [6, 6.07) is 11.3. The van der Waals surface area contributed by atoms with Crippen LogP contribution in [0.3, 0.4) is 0 Å². The highest BCUT2D eigenvalue weighted by Gasteiger charge is 2.34. The molecular weight excluding hydrogens is 450 g/mol. The minimum Gasteiger partial charge on any atom is -0.497 e. The fraction of sp³-hybridized carbons (Fsp3) is 0.429. The smallest absolute Gasteiger partial charge is 0.351 e. The van der Waals surface area contributed by atoms with E-state index in [9.17, 15) is 13.2 Å². The standard InChI is InChI=1S/C21H27N5O4S2/c1-23(2)32(28,29)24-11-5-8-17(15-24)20-22-25(14-16-7-4-9-18(13-16)30-3)21(27)26(20)19-10-6-12-31-19/h4,6-7,9-10,12-13,17H,5,8,11,14-15H2,1-3H3. The zero-order valence-corrected chi connectivity index (χ0v) is 20.0. The molecule has 0 bridgehead atoms. The minimum atomic E-state index is -3.53. The molecule has 4 rings (SSSR count). The Morgan fingerprint density at radius 1 is 1.25 bits per heavy atom. The zero-order chi connectivity index (χ0) is 22.9. The Hall–Kier alpha value is -2.47. The van der Waals surface area contributed by atoms with Gasteiger partial charge < -0.3 is 4.74 Å². The summed E-state index contributed by atoms with van der Waals surface area (Å²) in [4.78, 5) is 13.4. The highest BCUT2D eigenvalue weighted by molar-refractivity contribution is 7.86. The van der Waals surface area contributed by atoms with Crippen molar-refractivity contribution in [1.29, 1.82) is 0 Å². The quantitative estimate of drug-likeness (QED) is 0.520. The number of piperidine rings is 1. The fourth-order valence-corrected chi connectivity index (χ4v) is 5.85. The highest BCUT2D eigenvalue weighted by atomic mass is 32.2. The van der Waals surface area contributed by atoms with Gasteiger partial charge >= 0.3 is 5.69 Å². The van der Waals surface area contributed by atoms with Gasteiger partial charge in [-0.15, -0.1) is 11.3 Å². The van der Waals surface area contributed by atoms with E-state index in [0.29, 0.717) is 37.6 Å². The van der Waals surface area contributed by atoms with Gasteiger partial charge in [-0.1, -0.05) is 12.1 Å². The summed E-state index contributed by atoms with van der Waals surface area (Å²) in [5, 5.41) is 7.38. The van der Waals surface area contributed by atoms with Crippen LogP contribution in [0.25, 0.3) is 5.00 Å². The monoisotopic (exact) mass is 477 g/mol. The largest absolute Gasteiger partial charge is 0.497 e. The average molecular weight is 478 g/mol. The van der Waals surface area contributed by atoms with E-state index < -0.39 is 10.2 Å². The van der Waals surface area contributed by atoms with Crippen molar-refractivity contribution in [3.05, 3.63) is 63.7 Å². The van der Waals surface area contributed by atoms with Crippen molar-refractivity contribution in [3.8, 4) is 10.8 Å². The summed E-state index contributed by atoms with van der Waals surface area (Å²) in [7, 11) is 1.13. The lowest BCUT2D eigenvalue weighted by atomic mass is 9.99. The van der Waals surface area contributed by atoms with E-state index >= 15 is 0 Å². The molecule has 3 heterocycles. The Morgan fingerprint density at radius 2 is 2.06 bits per heavy atom. The molecule has 3 aromatic rings. The topological polar surface area (TPSA) is 89.7 Å². The number of methoxy groups -OCH3 is 1. The first-order valence-corrected chi connectivity index (χ1v) is 12.6. The molecule has 0 N–H and O–H groups in total. The Labute approximate surface area is 191 Å². The summed E-state index contributed by atoms with van der Waals surface area (Å²) >= 11 is 1.45. The van der Waals surface area contributed by atoms with Gasteiger partial charge in [0.1, 0.15) is 16.6 Å². The van der Waals surface area contributed by atoms with Gasteiger partial charge in [-0.25, -0.2) is 14.0 Å². The second kappa shape index (κ2) is 9.18. The molecule has 1 saturated heterocycles. The molecule has 1 aliphatic heterocycles. The van der Waals surface area contributed by atoms with Crippen molar-refractivity contribution >= 4 is 21.5 Å². The van der Waals surface area contributed by atoms with Gasteiger partial charge in [-0.3, -0.25) is 0 Å². The van der Waals surface area contributed by atoms with Gasteiger partial charge in [0.05, 0.1) is 13.7 Å². The maximum Gasteiger partial charge on any atom is 0.351 e. The summed E-state index contributed by atoms with van der Waals surface area (Å²) in [6.07, 6.45) is 1.47. The van der Waals surface area contributed by atoms with Crippen molar-refractivity contribution in [2.24, 2.45) is 0 Å². The van der Waals surface area contributed by atoms with Gasteiger partial charge in [0.25, 0.3) is 10.2 Å². The summed E-state index contributed by atoms with van der Waals surface area (Å²) < 4.78 is 36.5. The van der Waals surface area contributed by atoms with E-state index in [-0.39, 0.29) is 11.6 Å². The molecule has 1 aliphatic rings. The molecule has 11 heteroatoms. The normalized spacial score (nSPS) is 17.7. The predicted octanol–water partition coefficient (Wildman–Crippen LogP) is 2.14. The number of hydrogen-bond donors (Lipinski definition) is 0. The zero-order valence-electron chi connectivity index (χ0n) is 18.3. The maximum absolute atomic E-state index is 13.4. The number of hydrogen-bond acceptors (Lipinski definition) is 6. The number of ether oxygens (including phenoxy) is 1. The first kappa shape index (κ1) is 22.7. The van der Waals surface area contributed by atoms with Crippen molar-refractivity contribution in [1.82, 2.24) is 23.0 Å². The molecule has 9 nitrogen and oxygen atoms in total. The molecule has 1 atom stereocenters. The molecule has 0 aliphatic carbocycles. The number of thiophene rings is 1. The lowest BCUT2D eigenvalue weighted by Crippen LogP contribution is -2.45. The van der Waals surface area contributed by atoms with Crippen molar-refractivity contribution < 1.29 is 13.2 Å². The van der Waals surface area contributed by atoms with Crippen LogP contribution in [-0.4, -0.2) is 65.7 Å². The summed E-state index contributed by atoms with van der Waals surface area (Å²) in [6.45, 7) is 1.06. The van der Waals surface area contributed by atoms with Crippen LogP contribution < -0.4 is 10.4 Å². The van der Waals surface area contributed by atoms with Gasteiger partial charge in [-0.05, 0) is 48.1 Å². The first-order valence-electron chi connectivity index (χ1n) is 10.4. The third-order valence-electron chi connectivity index (χ3n) is 5.59. The second-order valence-electron chi connectivity index (χ2n) is 7.92. The van der Waals surface area contributed by atoms with E-state index in [1.54, 1.807) is 11.7 Å². The molecule has 0 saturated carbocycles. The number of benzene rings is 1.